The number of amides is 1. The van der Waals surface area contributed by atoms with Crippen molar-refractivity contribution in [1.82, 2.24) is 4.90 Å². The summed E-state index contributed by atoms with van der Waals surface area (Å²) in [6, 6.07) is 27.5. The minimum absolute atomic E-state index is 0.0138. The second-order valence-electron chi connectivity index (χ2n) is 17.8. The average molecular weight is 912 g/mol. The van der Waals surface area contributed by atoms with Crippen molar-refractivity contribution in [1.29, 1.82) is 0 Å². The number of nitrogens with zero attached hydrogens (tertiary/aromatic N) is 2. The Morgan fingerprint density at radius 2 is 1.72 bits per heavy atom. The van der Waals surface area contributed by atoms with Crippen LogP contribution in [0, 0.1) is 17.8 Å². The number of thioether (sulfide) groups is 1. The predicted octanol–water partition coefficient (Wildman–Crippen LogP) is 11.7. The number of carbonyl (C=O) groups is 1. The van der Waals surface area contributed by atoms with Gasteiger partial charge >= 0.3 is 6.09 Å². The number of aliphatic hydroxyl groups excluding tert-OH is 2. The fourth-order valence-electron chi connectivity index (χ4n) is 9.81. The van der Waals surface area contributed by atoms with Gasteiger partial charge in [-0.2, -0.15) is 0 Å². The summed E-state index contributed by atoms with van der Waals surface area (Å²) in [5.41, 5.74) is 2.94. The molecule has 6 atom stereocenters. The molecular weight excluding hydrogens is 848 g/mol. The van der Waals surface area contributed by atoms with Crippen LogP contribution in [-0.4, -0.2) is 82.9 Å². The third-order valence-electron chi connectivity index (χ3n) is 12.5. The van der Waals surface area contributed by atoms with Crippen molar-refractivity contribution >= 4 is 45.9 Å². The first-order valence-electron chi connectivity index (χ1n) is 22.6. The normalized spacial score (nSPS) is 23.1. The molecule has 342 valence electrons. The highest BCUT2D eigenvalue weighted by Gasteiger charge is 2.66. The summed E-state index contributed by atoms with van der Waals surface area (Å²) in [7, 11) is 0. The number of fused-ring (bicyclic) bond motifs is 3. The van der Waals surface area contributed by atoms with Gasteiger partial charge in [0.15, 0.2) is 0 Å². The first-order chi connectivity index (χ1) is 31.0. The molecule has 2 aliphatic carbocycles. The van der Waals surface area contributed by atoms with E-state index in [0.717, 1.165) is 63.8 Å². The number of hydrogen-bond donors (Lipinski definition) is 2. The number of aliphatic hydroxyl groups is 2. The topological polar surface area (TPSA) is 119 Å². The Balaban J connectivity index is 1.48. The van der Waals surface area contributed by atoms with Crippen molar-refractivity contribution in [3.05, 3.63) is 120 Å². The van der Waals surface area contributed by atoms with Crippen molar-refractivity contribution in [2.75, 3.05) is 38.6 Å². The van der Waals surface area contributed by atoms with Gasteiger partial charge in [0.05, 0.1) is 30.7 Å². The molecule has 1 aliphatic heterocycles. The number of rotatable bonds is 20. The van der Waals surface area contributed by atoms with Crippen molar-refractivity contribution in [2.45, 2.75) is 101 Å². The van der Waals surface area contributed by atoms with Gasteiger partial charge in [0.25, 0.3) is 0 Å². The van der Waals surface area contributed by atoms with E-state index in [2.05, 4.69) is 36.9 Å². The van der Waals surface area contributed by atoms with Crippen molar-refractivity contribution in [3.63, 3.8) is 0 Å². The van der Waals surface area contributed by atoms with Crippen LogP contribution in [0.25, 0.3) is 10.8 Å². The van der Waals surface area contributed by atoms with Gasteiger partial charge in [-0.05, 0) is 129 Å². The zero-order chi connectivity index (χ0) is 45.3. The minimum atomic E-state index is -1.47. The van der Waals surface area contributed by atoms with Crippen LogP contribution in [0.1, 0.15) is 82.8 Å². The summed E-state index contributed by atoms with van der Waals surface area (Å²) in [6.45, 7) is 10.5. The summed E-state index contributed by atoms with van der Waals surface area (Å²) >= 11 is 7.85. The lowest BCUT2D eigenvalue weighted by Crippen LogP contribution is -2.70. The van der Waals surface area contributed by atoms with Gasteiger partial charge < -0.3 is 34.0 Å². The summed E-state index contributed by atoms with van der Waals surface area (Å²) < 4.78 is 27.2. The van der Waals surface area contributed by atoms with E-state index in [1.165, 1.54) is 0 Å². The molecule has 7 rings (SSSR count). The molecule has 2 N–H and O–H groups in total. The maximum Gasteiger partial charge on any atom is 0.410 e. The average Bonchev–Trinajstić information content (AvgIpc) is 3.30. The standard InChI is InChI=1S/C52H63ClN2O8S/c1-6-29-60-52-47(55(50(58)59-30-26-53)34-37-17-13-16-35-14-7-8-18-41(35)37)33-45(54-63-51(2,3)4)43-31-36(15-9-11-27-56)42(19-10-12-28-57)48(49(43)52)44-32-39(22-25-46(44)62-52)61-38-20-23-40(64-5)24-21-38/h6-8,13-14,16-18,20-25,31-32,36,42,47-49,56-57H,1,9-12,15,19,26-30,33-34H2,2-5H3. The Hall–Kier alpha value is -4.52. The zero-order valence-corrected chi connectivity index (χ0v) is 39.1. The van der Waals surface area contributed by atoms with Crippen LogP contribution in [0.2, 0.25) is 0 Å². The second kappa shape index (κ2) is 21.6. The lowest BCUT2D eigenvalue weighted by Gasteiger charge is -2.60. The summed E-state index contributed by atoms with van der Waals surface area (Å²) in [4.78, 5) is 24.0. The van der Waals surface area contributed by atoms with E-state index in [-0.39, 0.29) is 63.0 Å². The number of unbranched alkanes of at least 4 members (excludes halogenated alkanes) is 2. The molecule has 3 aliphatic rings. The van der Waals surface area contributed by atoms with Gasteiger partial charge in [0.1, 0.15) is 35.5 Å². The molecule has 1 heterocycles. The molecule has 1 amide bonds. The zero-order valence-electron chi connectivity index (χ0n) is 37.5. The van der Waals surface area contributed by atoms with E-state index in [1.807, 2.05) is 87.7 Å². The number of alkyl halides is 1. The smallest absolute Gasteiger partial charge is 0.410 e. The third kappa shape index (κ3) is 10.6. The summed E-state index contributed by atoms with van der Waals surface area (Å²) in [6.07, 6.45) is 10.4. The summed E-state index contributed by atoms with van der Waals surface area (Å²) in [5.74, 6) is 0.0701. The fourth-order valence-corrected chi connectivity index (χ4v) is 10.3. The van der Waals surface area contributed by atoms with Crippen molar-refractivity contribution < 1.29 is 38.8 Å². The second-order valence-corrected chi connectivity index (χ2v) is 19.1. The molecule has 0 saturated heterocycles. The van der Waals surface area contributed by atoms with Gasteiger partial charge in [-0.15, -0.1) is 29.9 Å². The number of halogens is 1. The number of ether oxygens (including phenoxy) is 4. The van der Waals surface area contributed by atoms with Gasteiger partial charge in [0.2, 0.25) is 5.79 Å². The first-order valence-corrected chi connectivity index (χ1v) is 24.3. The highest BCUT2D eigenvalue weighted by Crippen LogP contribution is 2.62. The molecule has 6 unspecified atom stereocenters. The number of hydrogen-bond acceptors (Lipinski definition) is 10. The van der Waals surface area contributed by atoms with Crippen LogP contribution in [0.15, 0.2) is 119 Å². The minimum Gasteiger partial charge on any atom is -0.459 e. The lowest BCUT2D eigenvalue weighted by atomic mass is 9.55. The third-order valence-corrected chi connectivity index (χ3v) is 13.4. The highest BCUT2D eigenvalue weighted by molar-refractivity contribution is 7.98. The van der Waals surface area contributed by atoms with Crippen LogP contribution < -0.4 is 9.47 Å². The van der Waals surface area contributed by atoms with Crippen LogP contribution in [0.3, 0.4) is 0 Å². The largest absolute Gasteiger partial charge is 0.459 e. The van der Waals surface area contributed by atoms with E-state index < -0.39 is 29.4 Å². The van der Waals surface area contributed by atoms with Crippen LogP contribution >= 0.6 is 23.4 Å². The highest BCUT2D eigenvalue weighted by atomic mass is 35.5. The van der Waals surface area contributed by atoms with Gasteiger partial charge in [-0.25, -0.2) is 4.79 Å². The SMILES string of the molecule is C=CCOC12Oc3ccc(Oc4ccc(SC)cc4)cc3C3C(CCCCO)C(CCCCO)C=C(C(=NOC(C)(C)C)CC1N(Cc1cccc4ccccc14)C(=O)OCCCl)C32. The number of allylic oxidation sites excluding steroid dienone is 1. The Labute approximate surface area is 387 Å². The molecule has 4 aromatic rings. The number of oxime groups is 1. The molecule has 0 spiro atoms. The molecule has 0 bridgehead atoms. The molecular formula is C52H63ClN2O8S. The Morgan fingerprint density at radius 1 is 0.984 bits per heavy atom. The molecule has 12 heteroatoms. The van der Waals surface area contributed by atoms with Gasteiger partial charge in [0, 0.05) is 36.0 Å². The molecule has 4 aromatic carbocycles. The van der Waals surface area contributed by atoms with E-state index in [9.17, 15) is 15.0 Å². The number of carbonyl (C=O) groups excluding carboxylic acids is 1. The molecule has 0 aromatic heterocycles. The van der Waals surface area contributed by atoms with Crippen molar-refractivity contribution in [3.8, 4) is 17.2 Å². The van der Waals surface area contributed by atoms with E-state index in [1.54, 1.807) is 22.7 Å². The molecule has 1 fully saturated rings. The van der Waals surface area contributed by atoms with E-state index in [0.29, 0.717) is 30.1 Å². The van der Waals surface area contributed by atoms with Crippen LogP contribution in [0.5, 0.6) is 17.2 Å². The molecule has 0 radical (unpaired) electrons. The quantitative estimate of drug-likeness (QED) is 0.0294. The van der Waals surface area contributed by atoms with Crippen LogP contribution in [0.4, 0.5) is 4.79 Å². The maximum atomic E-state index is 14.8. The molecule has 64 heavy (non-hydrogen) atoms. The van der Waals surface area contributed by atoms with Gasteiger partial charge in [-0.3, -0.25) is 4.90 Å². The van der Waals surface area contributed by atoms with Crippen LogP contribution in [-0.2, 0) is 20.9 Å². The van der Waals surface area contributed by atoms with E-state index in [4.69, 9.17) is 40.5 Å². The Morgan fingerprint density at radius 3 is 2.44 bits per heavy atom. The van der Waals surface area contributed by atoms with Crippen molar-refractivity contribution in [2.24, 2.45) is 22.9 Å². The predicted molar refractivity (Wildman–Crippen MR) is 256 cm³/mol. The lowest BCUT2D eigenvalue weighted by molar-refractivity contribution is -0.256. The van der Waals surface area contributed by atoms with Gasteiger partial charge in [-0.1, -0.05) is 72.6 Å². The monoisotopic (exact) mass is 910 g/mol. The molecule has 1 saturated carbocycles. The maximum absolute atomic E-state index is 14.8. The first kappa shape index (κ1) is 47.4. The number of benzene rings is 4. The van der Waals surface area contributed by atoms with E-state index >= 15 is 0 Å². The molecule has 10 nitrogen and oxygen atoms in total. The Kier molecular flexibility index (Phi) is 16.0. The summed E-state index contributed by atoms with van der Waals surface area (Å²) in [5, 5.41) is 27.0. The Bertz CT molecular complexity index is 2270. The fraction of sp³-hybridized carbons (Fsp3) is 0.462.